The van der Waals surface area contributed by atoms with Crippen LogP contribution in [0.15, 0.2) is 47.4 Å². The molecule has 0 atom stereocenters. The van der Waals surface area contributed by atoms with E-state index in [1.165, 1.54) is 6.07 Å². The second-order valence-electron chi connectivity index (χ2n) is 4.28. The number of benzene rings is 1. The number of ether oxygens (including phenoxy) is 1. The van der Waals surface area contributed by atoms with Gasteiger partial charge in [-0.2, -0.15) is 0 Å². The van der Waals surface area contributed by atoms with Crippen LogP contribution in [0, 0.1) is 0 Å². The standard InChI is InChI=1S/C15H15ClFNO2/c16-9-13-8-14(19)15(20-7-6-17)11-18(13)10-12-4-2-1-3-5-12/h1-5,8,11H,6-7,9-10H2. The normalized spacial score (nSPS) is 10.5. The van der Waals surface area contributed by atoms with Crippen molar-refractivity contribution in [3.63, 3.8) is 0 Å². The Morgan fingerprint density at radius 1 is 1.25 bits per heavy atom. The molecule has 0 saturated carbocycles. The van der Waals surface area contributed by atoms with Crippen molar-refractivity contribution in [3.05, 3.63) is 64.1 Å². The summed E-state index contributed by atoms with van der Waals surface area (Å²) in [5.74, 6) is 0.373. The Hall–Kier alpha value is -1.81. The molecule has 0 saturated heterocycles. The van der Waals surface area contributed by atoms with Gasteiger partial charge in [0.1, 0.15) is 13.3 Å². The third-order valence-electron chi connectivity index (χ3n) is 2.85. The van der Waals surface area contributed by atoms with Crippen LogP contribution in [-0.2, 0) is 12.4 Å². The summed E-state index contributed by atoms with van der Waals surface area (Å²) in [5, 5.41) is 0. The third-order valence-corrected chi connectivity index (χ3v) is 3.12. The molecule has 1 aromatic carbocycles. The molecule has 0 fully saturated rings. The van der Waals surface area contributed by atoms with Crippen molar-refractivity contribution in [3.8, 4) is 5.75 Å². The first-order valence-corrected chi connectivity index (χ1v) is 6.80. The van der Waals surface area contributed by atoms with Gasteiger partial charge in [0.15, 0.2) is 5.75 Å². The van der Waals surface area contributed by atoms with E-state index in [-0.39, 0.29) is 23.7 Å². The lowest BCUT2D eigenvalue weighted by atomic mass is 10.2. The summed E-state index contributed by atoms with van der Waals surface area (Å²) in [6, 6.07) is 11.2. The van der Waals surface area contributed by atoms with Gasteiger partial charge in [0, 0.05) is 18.3 Å². The van der Waals surface area contributed by atoms with Gasteiger partial charge in [0.2, 0.25) is 5.43 Å². The maximum atomic E-state index is 12.1. The number of rotatable bonds is 6. The van der Waals surface area contributed by atoms with Crippen molar-refractivity contribution in [1.29, 1.82) is 0 Å². The molecular weight excluding hydrogens is 281 g/mol. The van der Waals surface area contributed by atoms with Gasteiger partial charge in [-0.25, -0.2) is 4.39 Å². The highest BCUT2D eigenvalue weighted by Gasteiger charge is 2.08. The van der Waals surface area contributed by atoms with Gasteiger partial charge in [-0.3, -0.25) is 4.79 Å². The highest BCUT2D eigenvalue weighted by atomic mass is 35.5. The minimum atomic E-state index is -0.630. The zero-order valence-electron chi connectivity index (χ0n) is 10.9. The zero-order valence-corrected chi connectivity index (χ0v) is 11.6. The van der Waals surface area contributed by atoms with Gasteiger partial charge in [-0.1, -0.05) is 30.3 Å². The van der Waals surface area contributed by atoms with Gasteiger partial charge < -0.3 is 9.30 Å². The monoisotopic (exact) mass is 295 g/mol. The smallest absolute Gasteiger partial charge is 0.223 e. The van der Waals surface area contributed by atoms with Crippen molar-refractivity contribution in [1.82, 2.24) is 4.57 Å². The van der Waals surface area contributed by atoms with Gasteiger partial charge in [0.25, 0.3) is 0 Å². The molecule has 0 aliphatic heterocycles. The number of nitrogens with zero attached hydrogens (tertiary/aromatic N) is 1. The van der Waals surface area contributed by atoms with Crippen LogP contribution in [0.2, 0.25) is 0 Å². The van der Waals surface area contributed by atoms with E-state index in [4.69, 9.17) is 16.3 Å². The molecule has 0 spiro atoms. The quantitative estimate of drug-likeness (QED) is 0.767. The van der Waals surface area contributed by atoms with E-state index in [1.54, 1.807) is 6.20 Å². The fourth-order valence-electron chi connectivity index (χ4n) is 1.89. The second-order valence-corrected chi connectivity index (χ2v) is 4.55. The molecule has 3 nitrogen and oxygen atoms in total. The number of hydrogen-bond acceptors (Lipinski definition) is 2. The fourth-order valence-corrected chi connectivity index (χ4v) is 2.12. The molecule has 20 heavy (non-hydrogen) atoms. The highest BCUT2D eigenvalue weighted by molar-refractivity contribution is 6.16. The molecule has 0 aliphatic carbocycles. The summed E-state index contributed by atoms with van der Waals surface area (Å²) in [6.45, 7) is -0.175. The summed E-state index contributed by atoms with van der Waals surface area (Å²) < 4.78 is 19.1. The lowest BCUT2D eigenvalue weighted by Gasteiger charge is -2.14. The van der Waals surface area contributed by atoms with Crippen molar-refractivity contribution in [2.24, 2.45) is 0 Å². The van der Waals surface area contributed by atoms with Gasteiger partial charge in [0.05, 0.1) is 12.1 Å². The highest BCUT2D eigenvalue weighted by Crippen LogP contribution is 2.12. The lowest BCUT2D eigenvalue weighted by Crippen LogP contribution is -2.16. The lowest BCUT2D eigenvalue weighted by molar-refractivity contribution is 0.269. The predicted molar refractivity (Wildman–Crippen MR) is 77.3 cm³/mol. The van der Waals surface area contributed by atoms with E-state index < -0.39 is 6.67 Å². The Morgan fingerprint density at radius 2 is 2.00 bits per heavy atom. The second kappa shape index (κ2) is 7.10. The van der Waals surface area contributed by atoms with Crippen LogP contribution >= 0.6 is 11.6 Å². The minimum Gasteiger partial charge on any atom is -0.485 e. The van der Waals surface area contributed by atoms with E-state index in [0.29, 0.717) is 12.2 Å². The number of halogens is 2. The molecule has 1 aromatic heterocycles. The molecule has 0 bridgehead atoms. The van der Waals surface area contributed by atoms with E-state index in [0.717, 1.165) is 5.56 Å². The summed E-state index contributed by atoms with van der Waals surface area (Å²) in [4.78, 5) is 11.8. The van der Waals surface area contributed by atoms with Crippen LogP contribution in [-0.4, -0.2) is 17.8 Å². The molecular formula is C15H15ClFNO2. The molecule has 5 heteroatoms. The topological polar surface area (TPSA) is 31.2 Å². The van der Waals surface area contributed by atoms with Crippen molar-refractivity contribution in [2.75, 3.05) is 13.3 Å². The average molecular weight is 296 g/mol. The van der Waals surface area contributed by atoms with Gasteiger partial charge in [-0.15, -0.1) is 11.6 Å². The molecule has 2 aromatic rings. The van der Waals surface area contributed by atoms with E-state index >= 15 is 0 Å². The largest absolute Gasteiger partial charge is 0.485 e. The fraction of sp³-hybridized carbons (Fsp3) is 0.267. The average Bonchev–Trinajstić information content (AvgIpc) is 2.48. The van der Waals surface area contributed by atoms with Gasteiger partial charge >= 0.3 is 0 Å². The number of hydrogen-bond donors (Lipinski definition) is 0. The van der Waals surface area contributed by atoms with Crippen LogP contribution in [0.1, 0.15) is 11.3 Å². The summed E-state index contributed by atoms with van der Waals surface area (Å²) in [7, 11) is 0. The van der Waals surface area contributed by atoms with E-state index in [2.05, 4.69) is 0 Å². The first-order chi connectivity index (χ1) is 9.74. The summed E-state index contributed by atoms with van der Waals surface area (Å²) >= 11 is 5.87. The molecule has 1 heterocycles. The molecule has 0 radical (unpaired) electrons. The van der Waals surface area contributed by atoms with Crippen LogP contribution < -0.4 is 10.2 Å². The first-order valence-electron chi connectivity index (χ1n) is 6.26. The van der Waals surface area contributed by atoms with Crippen molar-refractivity contribution >= 4 is 11.6 Å². The Morgan fingerprint density at radius 3 is 2.65 bits per heavy atom. The Balaban J connectivity index is 2.32. The SMILES string of the molecule is O=c1cc(CCl)n(Cc2ccccc2)cc1OCCF. The Kier molecular flexibility index (Phi) is 5.18. The van der Waals surface area contributed by atoms with E-state index in [1.807, 2.05) is 34.9 Å². The molecule has 2 rings (SSSR count). The maximum absolute atomic E-state index is 12.1. The summed E-state index contributed by atoms with van der Waals surface area (Å²) in [6.07, 6.45) is 1.59. The molecule has 0 unspecified atom stereocenters. The van der Waals surface area contributed by atoms with Crippen molar-refractivity contribution in [2.45, 2.75) is 12.4 Å². The first kappa shape index (κ1) is 14.6. The summed E-state index contributed by atoms with van der Waals surface area (Å²) in [5.41, 5.74) is 1.51. The molecule has 0 aliphatic rings. The zero-order chi connectivity index (χ0) is 14.4. The van der Waals surface area contributed by atoms with Crippen LogP contribution in [0.4, 0.5) is 4.39 Å². The third kappa shape index (κ3) is 3.61. The molecule has 0 N–H and O–H groups in total. The van der Waals surface area contributed by atoms with Crippen LogP contribution in [0.3, 0.4) is 0 Å². The molecule has 106 valence electrons. The molecule has 0 amide bonds. The van der Waals surface area contributed by atoms with Crippen LogP contribution in [0.5, 0.6) is 5.75 Å². The van der Waals surface area contributed by atoms with E-state index in [9.17, 15) is 9.18 Å². The number of alkyl halides is 2. The Bertz CT molecular complexity index is 613. The van der Waals surface area contributed by atoms with Gasteiger partial charge in [-0.05, 0) is 5.56 Å². The van der Waals surface area contributed by atoms with Crippen LogP contribution in [0.25, 0.3) is 0 Å². The number of aromatic nitrogens is 1. The maximum Gasteiger partial charge on any atom is 0.223 e. The van der Waals surface area contributed by atoms with Crippen molar-refractivity contribution < 1.29 is 9.13 Å². The predicted octanol–water partition coefficient (Wildman–Crippen LogP) is 2.98. The minimum absolute atomic E-state index is 0.124. The number of pyridine rings is 1. The Labute approximate surface area is 121 Å².